The van der Waals surface area contributed by atoms with Gasteiger partial charge in [0.05, 0.1) is 5.52 Å². The Morgan fingerprint density at radius 2 is 1.74 bits per heavy atom. The van der Waals surface area contributed by atoms with E-state index >= 15 is 0 Å². The maximum atomic E-state index is 6.12. The van der Waals surface area contributed by atoms with Crippen LogP contribution in [0.5, 0.6) is 0 Å². The van der Waals surface area contributed by atoms with Gasteiger partial charge in [-0.25, -0.2) is 4.98 Å². The van der Waals surface area contributed by atoms with Crippen LogP contribution < -0.4 is 4.90 Å². The van der Waals surface area contributed by atoms with Crippen molar-refractivity contribution < 1.29 is 0 Å². The summed E-state index contributed by atoms with van der Waals surface area (Å²) in [5.41, 5.74) is 2.44. The van der Waals surface area contributed by atoms with Crippen LogP contribution in [0.3, 0.4) is 0 Å². The van der Waals surface area contributed by atoms with Gasteiger partial charge in [0.1, 0.15) is 5.82 Å². The van der Waals surface area contributed by atoms with Gasteiger partial charge in [-0.15, -0.1) is 0 Å². The van der Waals surface area contributed by atoms with E-state index in [1.807, 2.05) is 12.1 Å². The molecule has 3 heteroatoms. The fourth-order valence-corrected chi connectivity index (χ4v) is 3.63. The van der Waals surface area contributed by atoms with Crippen molar-refractivity contribution in [2.75, 3.05) is 18.0 Å². The third kappa shape index (κ3) is 3.04. The van der Waals surface area contributed by atoms with Crippen LogP contribution in [0.2, 0.25) is 5.02 Å². The lowest BCUT2D eigenvalue weighted by Gasteiger charge is -2.33. The molecule has 23 heavy (non-hydrogen) atoms. The molecule has 0 radical (unpaired) electrons. The molecule has 0 aliphatic carbocycles. The molecule has 0 unspecified atom stereocenters. The molecule has 0 amide bonds. The van der Waals surface area contributed by atoms with Crippen molar-refractivity contribution in [3.8, 4) is 0 Å². The number of hydrogen-bond donors (Lipinski definition) is 0. The van der Waals surface area contributed by atoms with Crippen LogP contribution in [0, 0.1) is 0 Å². The van der Waals surface area contributed by atoms with E-state index in [2.05, 4.69) is 53.4 Å². The number of aromatic nitrogens is 1. The molecule has 1 aliphatic rings. The minimum Gasteiger partial charge on any atom is -0.357 e. The molecule has 116 valence electrons. The molecule has 0 spiro atoms. The fourth-order valence-electron chi connectivity index (χ4n) is 3.43. The Morgan fingerprint density at radius 1 is 0.913 bits per heavy atom. The highest BCUT2D eigenvalue weighted by molar-refractivity contribution is 6.30. The molecule has 4 rings (SSSR count). The van der Waals surface area contributed by atoms with Crippen LogP contribution in [0.25, 0.3) is 10.9 Å². The first-order chi connectivity index (χ1) is 11.3. The maximum Gasteiger partial charge on any atom is 0.129 e. The summed E-state index contributed by atoms with van der Waals surface area (Å²) >= 11 is 6.12. The number of pyridine rings is 1. The number of rotatable bonds is 2. The number of para-hydroxylation sites is 1. The molecule has 1 fully saturated rings. The fraction of sp³-hybridized carbons (Fsp3) is 0.250. The highest BCUT2D eigenvalue weighted by atomic mass is 35.5. The number of anilines is 1. The van der Waals surface area contributed by atoms with E-state index < -0.39 is 0 Å². The molecular formula is C20H19ClN2. The van der Waals surface area contributed by atoms with E-state index in [9.17, 15) is 0 Å². The molecule has 0 saturated carbocycles. The van der Waals surface area contributed by atoms with Crippen LogP contribution in [0.15, 0.2) is 60.7 Å². The second-order valence-corrected chi connectivity index (χ2v) is 6.61. The van der Waals surface area contributed by atoms with Crippen molar-refractivity contribution in [3.63, 3.8) is 0 Å². The van der Waals surface area contributed by atoms with E-state index in [-0.39, 0.29) is 0 Å². The average Bonchev–Trinajstić information content (AvgIpc) is 2.61. The normalized spacial score (nSPS) is 16.0. The number of nitrogens with zero attached hydrogens (tertiary/aromatic N) is 2. The van der Waals surface area contributed by atoms with E-state index in [1.165, 1.54) is 10.9 Å². The first-order valence-corrected chi connectivity index (χ1v) is 8.53. The maximum absolute atomic E-state index is 6.12. The monoisotopic (exact) mass is 322 g/mol. The number of halogens is 1. The first kappa shape index (κ1) is 14.5. The van der Waals surface area contributed by atoms with Gasteiger partial charge in [-0.2, -0.15) is 0 Å². The van der Waals surface area contributed by atoms with Gasteiger partial charge in [0.2, 0.25) is 0 Å². The largest absolute Gasteiger partial charge is 0.357 e. The van der Waals surface area contributed by atoms with Crippen molar-refractivity contribution >= 4 is 28.3 Å². The Bertz CT molecular complexity index is 822. The van der Waals surface area contributed by atoms with E-state index in [4.69, 9.17) is 16.6 Å². The molecule has 1 saturated heterocycles. The number of fused-ring (bicyclic) bond motifs is 1. The van der Waals surface area contributed by atoms with Crippen LogP contribution >= 0.6 is 11.6 Å². The minimum absolute atomic E-state index is 0.602. The first-order valence-electron chi connectivity index (χ1n) is 8.16. The molecule has 3 aromatic rings. The zero-order valence-electron chi connectivity index (χ0n) is 13.0. The van der Waals surface area contributed by atoms with Crippen LogP contribution in [-0.2, 0) is 0 Å². The summed E-state index contributed by atoms with van der Waals surface area (Å²) in [6.45, 7) is 2.09. The summed E-state index contributed by atoms with van der Waals surface area (Å²) in [7, 11) is 0. The van der Waals surface area contributed by atoms with Gasteiger partial charge in [0.15, 0.2) is 0 Å². The number of piperidine rings is 1. The smallest absolute Gasteiger partial charge is 0.129 e. The quantitative estimate of drug-likeness (QED) is 0.638. The van der Waals surface area contributed by atoms with Gasteiger partial charge in [0, 0.05) is 23.5 Å². The number of benzene rings is 2. The summed E-state index contributed by atoms with van der Waals surface area (Å²) in [5.74, 6) is 1.69. The molecule has 2 heterocycles. The lowest BCUT2D eigenvalue weighted by molar-refractivity contribution is 0.503. The highest BCUT2D eigenvalue weighted by Crippen LogP contribution is 2.31. The molecule has 1 aromatic heterocycles. The zero-order chi connectivity index (χ0) is 15.6. The second kappa shape index (κ2) is 6.21. The molecule has 0 bridgehead atoms. The van der Waals surface area contributed by atoms with Gasteiger partial charge in [-0.05, 0) is 54.7 Å². The van der Waals surface area contributed by atoms with E-state index in [1.54, 1.807) is 0 Å². The van der Waals surface area contributed by atoms with Crippen molar-refractivity contribution in [1.29, 1.82) is 0 Å². The molecule has 1 aliphatic heterocycles. The van der Waals surface area contributed by atoms with Crippen LogP contribution in [-0.4, -0.2) is 18.1 Å². The van der Waals surface area contributed by atoms with Crippen molar-refractivity contribution in [1.82, 2.24) is 4.98 Å². The summed E-state index contributed by atoms with van der Waals surface area (Å²) in [6.07, 6.45) is 2.30. The van der Waals surface area contributed by atoms with Gasteiger partial charge in [0.25, 0.3) is 0 Å². The Labute approximate surface area is 141 Å². The predicted octanol–water partition coefficient (Wildman–Crippen LogP) is 5.27. The zero-order valence-corrected chi connectivity index (χ0v) is 13.7. The lowest BCUT2D eigenvalue weighted by atomic mass is 9.89. The molecule has 0 N–H and O–H groups in total. The Hall–Kier alpha value is -2.06. The van der Waals surface area contributed by atoms with Crippen molar-refractivity contribution in [2.45, 2.75) is 18.8 Å². The molecular weight excluding hydrogens is 304 g/mol. The topological polar surface area (TPSA) is 16.1 Å². The van der Waals surface area contributed by atoms with Gasteiger partial charge in [-0.3, -0.25) is 0 Å². The standard InChI is InChI=1S/C20H19ClN2/c21-18-6-3-5-17(14-18)15-10-12-23(13-11-15)20-9-8-16-4-1-2-7-19(16)22-20/h1-9,14-15H,10-13H2. The summed E-state index contributed by atoms with van der Waals surface area (Å²) in [4.78, 5) is 7.21. The summed E-state index contributed by atoms with van der Waals surface area (Å²) < 4.78 is 0. The SMILES string of the molecule is Clc1cccc(C2CCN(c3ccc4ccccc4n3)CC2)c1. The third-order valence-electron chi connectivity index (χ3n) is 4.72. The van der Waals surface area contributed by atoms with Gasteiger partial charge in [-0.1, -0.05) is 41.9 Å². The second-order valence-electron chi connectivity index (χ2n) is 6.18. The lowest BCUT2D eigenvalue weighted by Crippen LogP contribution is -2.33. The van der Waals surface area contributed by atoms with Crippen LogP contribution in [0.4, 0.5) is 5.82 Å². The van der Waals surface area contributed by atoms with Crippen LogP contribution in [0.1, 0.15) is 24.3 Å². The van der Waals surface area contributed by atoms with E-state index in [0.717, 1.165) is 42.3 Å². The third-order valence-corrected chi connectivity index (χ3v) is 4.96. The summed E-state index contributed by atoms with van der Waals surface area (Å²) in [5, 5.41) is 2.03. The molecule has 0 atom stereocenters. The Balaban J connectivity index is 1.50. The average molecular weight is 323 g/mol. The summed E-state index contributed by atoms with van der Waals surface area (Å²) in [6, 6.07) is 20.9. The van der Waals surface area contributed by atoms with Crippen molar-refractivity contribution in [3.05, 3.63) is 71.2 Å². The minimum atomic E-state index is 0.602. The molecule has 2 aromatic carbocycles. The van der Waals surface area contributed by atoms with Crippen molar-refractivity contribution in [2.24, 2.45) is 0 Å². The predicted molar refractivity (Wildman–Crippen MR) is 97.4 cm³/mol. The number of hydrogen-bond acceptors (Lipinski definition) is 2. The Morgan fingerprint density at radius 3 is 2.57 bits per heavy atom. The van der Waals surface area contributed by atoms with Gasteiger partial charge < -0.3 is 4.90 Å². The Kier molecular flexibility index (Phi) is 3.92. The van der Waals surface area contributed by atoms with Gasteiger partial charge >= 0.3 is 0 Å². The highest BCUT2D eigenvalue weighted by Gasteiger charge is 2.21. The molecule has 2 nitrogen and oxygen atoms in total. The van der Waals surface area contributed by atoms with E-state index in [0.29, 0.717) is 5.92 Å².